The van der Waals surface area contributed by atoms with Gasteiger partial charge in [0.2, 0.25) is 0 Å². The quantitative estimate of drug-likeness (QED) is 0.704. The molecule has 2 heterocycles. The minimum atomic E-state index is 0.499. The number of rotatable bonds is 1. The van der Waals surface area contributed by atoms with Gasteiger partial charge in [-0.25, -0.2) is 0 Å². The Morgan fingerprint density at radius 2 is 1.55 bits per heavy atom. The molecule has 1 aliphatic heterocycles. The Balaban J connectivity index is 2.05. The average Bonchev–Trinajstić information content (AvgIpc) is 2.90. The molecule has 0 aliphatic carbocycles. The third kappa shape index (κ3) is 2.41. The van der Waals surface area contributed by atoms with Gasteiger partial charge in [0.15, 0.2) is 0 Å². The first-order valence-corrected chi connectivity index (χ1v) is 9.39. The van der Waals surface area contributed by atoms with Crippen LogP contribution < -0.4 is 5.32 Å². The van der Waals surface area contributed by atoms with Gasteiger partial charge >= 0.3 is 0 Å². The molecule has 1 aliphatic rings. The molecule has 22 heavy (non-hydrogen) atoms. The molecule has 0 amide bonds. The monoisotopic (exact) mass is 315 g/mol. The fourth-order valence-electron chi connectivity index (χ4n) is 3.95. The van der Waals surface area contributed by atoms with E-state index in [9.17, 15) is 0 Å². The molecule has 2 aromatic rings. The number of hydrogen-bond donors (Lipinski definition) is 1. The van der Waals surface area contributed by atoms with Crippen LogP contribution in [0.15, 0.2) is 12.1 Å². The van der Waals surface area contributed by atoms with Gasteiger partial charge in [-0.05, 0) is 79.7 Å². The molecule has 0 spiro atoms. The first kappa shape index (κ1) is 16.0. The van der Waals surface area contributed by atoms with Crippen molar-refractivity contribution in [2.24, 2.45) is 17.8 Å². The van der Waals surface area contributed by atoms with Crippen LogP contribution >= 0.6 is 11.3 Å². The normalized spacial score (nSPS) is 32.6. The van der Waals surface area contributed by atoms with Crippen LogP contribution in [0.25, 0.3) is 10.1 Å². The zero-order valence-electron chi connectivity index (χ0n) is 14.9. The molecule has 0 bridgehead atoms. The maximum atomic E-state index is 3.88. The van der Waals surface area contributed by atoms with Crippen molar-refractivity contribution in [3.8, 4) is 0 Å². The first-order valence-electron chi connectivity index (χ1n) is 8.57. The van der Waals surface area contributed by atoms with Gasteiger partial charge in [0.25, 0.3) is 0 Å². The van der Waals surface area contributed by atoms with Crippen molar-refractivity contribution < 1.29 is 0 Å². The van der Waals surface area contributed by atoms with Crippen LogP contribution in [0.4, 0.5) is 0 Å². The molecule has 1 nitrogen and oxygen atoms in total. The second-order valence-corrected chi connectivity index (χ2v) is 8.63. The predicted molar refractivity (Wildman–Crippen MR) is 98.9 cm³/mol. The molecule has 5 atom stereocenters. The lowest BCUT2D eigenvalue weighted by Crippen LogP contribution is -2.48. The topological polar surface area (TPSA) is 12.0 Å². The van der Waals surface area contributed by atoms with E-state index in [0.29, 0.717) is 18.0 Å². The average molecular weight is 316 g/mol. The van der Waals surface area contributed by atoms with E-state index in [1.54, 1.807) is 0 Å². The zero-order chi connectivity index (χ0) is 16.2. The molecule has 1 fully saturated rings. The van der Waals surface area contributed by atoms with Crippen LogP contribution in [0.5, 0.6) is 0 Å². The molecule has 0 radical (unpaired) electrons. The van der Waals surface area contributed by atoms with Gasteiger partial charge in [-0.2, -0.15) is 0 Å². The molecule has 5 unspecified atom stereocenters. The predicted octanol–water partition coefficient (Wildman–Crippen LogP) is 5.77. The van der Waals surface area contributed by atoms with E-state index in [4.69, 9.17) is 0 Å². The second kappa shape index (κ2) is 5.65. The van der Waals surface area contributed by atoms with Crippen molar-refractivity contribution in [1.29, 1.82) is 0 Å². The Labute approximate surface area is 139 Å². The van der Waals surface area contributed by atoms with E-state index in [0.717, 1.165) is 11.8 Å². The molecule has 3 rings (SSSR count). The van der Waals surface area contributed by atoms with Gasteiger partial charge in [0.1, 0.15) is 0 Å². The number of fused-ring (bicyclic) bond motifs is 1. The highest BCUT2D eigenvalue weighted by Crippen LogP contribution is 2.43. The van der Waals surface area contributed by atoms with Crippen molar-refractivity contribution in [2.45, 2.75) is 60.5 Å². The summed E-state index contributed by atoms with van der Waals surface area (Å²) in [5.74, 6) is 2.18. The lowest BCUT2D eigenvalue weighted by atomic mass is 9.73. The number of benzene rings is 1. The van der Waals surface area contributed by atoms with Gasteiger partial charge < -0.3 is 5.32 Å². The first-order chi connectivity index (χ1) is 10.3. The summed E-state index contributed by atoms with van der Waals surface area (Å²) in [4.78, 5) is 1.52. The lowest BCUT2D eigenvalue weighted by molar-refractivity contribution is 0.120. The third-order valence-electron chi connectivity index (χ3n) is 6.41. The Morgan fingerprint density at radius 1 is 0.864 bits per heavy atom. The van der Waals surface area contributed by atoms with Gasteiger partial charge in [-0.3, -0.25) is 0 Å². The van der Waals surface area contributed by atoms with Crippen molar-refractivity contribution in [2.75, 3.05) is 0 Å². The third-order valence-corrected chi connectivity index (χ3v) is 7.57. The van der Waals surface area contributed by atoms with Crippen LogP contribution in [0, 0.1) is 38.5 Å². The van der Waals surface area contributed by atoms with Crippen LogP contribution in [0.1, 0.15) is 55.3 Å². The number of hydrogen-bond acceptors (Lipinski definition) is 2. The summed E-state index contributed by atoms with van der Waals surface area (Å²) < 4.78 is 1.45. The van der Waals surface area contributed by atoms with Crippen molar-refractivity contribution in [3.05, 3.63) is 33.7 Å². The Hall–Kier alpha value is -0.860. The smallest absolute Gasteiger partial charge is 0.0446 e. The van der Waals surface area contributed by atoms with E-state index in [-0.39, 0.29) is 0 Å². The Morgan fingerprint density at radius 3 is 2.23 bits per heavy atom. The maximum Gasteiger partial charge on any atom is 0.0446 e. The van der Waals surface area contributed by atoms with Crippen LogP contribution in [-0.2, 0) is 0 Å². The van der Waals surface area contributed by atoms with Gasteiger partial charge in [-0.15, -0.1) is 11.3 Å². The van der Waals surface area contributed by atoms with Crippen molar-refractivity contribution >= 4 is 21.4 Å². The number of thiophene rings is 1. The highest BCUT2D eigenvalue weighted by molar-refractivity contribution is 7.19. The lowest BCUT2D eigenvalue weighted by Gasteiger charge is -2.43. The molecular weight excluding hydrogens is 286 g/mol. The summed E-state index contributed by atoms with van der Waals surface area (Å²) >= 11 is 1.99. The summed E-state index contributed by atoms with van der Waals surface area (Å²) in [6.45, 7) is 16.3. The van der Waals surface area contributed by atoms with E-state index < -0.39 is 0 Å². The summed E-state index contributed by atoms with van der Waals surface area (Å²) in [7, 11) is 0. The molecule has 120 valence electrons. The summed E-state index contributed by atoms with van der Waals surface area (Å²) in [6.07, 6.45) is 0. The summed E-state index contributed by atoms with van der Waals surface area (Å²) in [5, 5.41) is 5.34. The number of piperidine rings is 1. The van der Waals surface area contributed by atoms with Crippen molar-refractivity contribution in [3.63, 3.8) is 0 Å². The molecule has 1 aromatic heterocycles. The van der Waals surface area contributed by atoms with Crippen LogP contribution in [0.3, 0.4) is 0 Å². The highest BCUT2D eigenvalue weighted by atomic mass is 32.1. The maximum absolute atomic E-state index is 3.88. The van der Waals surface area contributed by atoms with E-state index in [1.807, 2.05) is 11.3 Å². The fourth-order valence-corrected chi connectivity index (χ4v) is 5.34. The SMILES string of the molecule is Cc1cc2sc(C3NC(C)C(C)C(C)C3C)cc2c(C)c1C. The molecule has 1 N–H and O–H groups in total. The molecule has 2 heteroatoms. The zero-order valence-corrected chi connectivity index (χ0v) is 15.8. The van der Waals surface area contributed by atoms with Crippen molar-refractivity contribution in [1.82, 2.24) is 5.32 Å². The minimum absolute atomic E-state index is 0.499. The Kier molecular flexibility index (Phi) is 4.11. The number of aryl methyl sites for hydroxylation is 2. The van der Waals surface area contributed by atoms with Crippen LogP contribution in [-0.4, -0.2) is 6.04 Å². The van der Waals surface area contributed by atoms with Gasteiger partial charge in [0, 0.05) is 21.7 Å². The van der Waals surface area contributed by atoms with Gasteiger partial charge in [-0.1, -0.05) is 20.8 Å². The molecule has 1 aromatic carbocycles. The van der Waals surface area contributed by atoms with E-state index in [2.05, 4.69) is 65.9 Å². The van der Waals surface area contributed by atoms with Crippen LogP contribution in [0.2, 0.25) is 0 Å². The fraction of sp³-hybridized carbons (Fsp3) is 0.600. The summed E-state index contributed by atoms with van der Waals surface area (Å²) in [5.41, 5.74) is 4.31. The molecular formula is C20H29NS. The number of nitrogens with one attached hydrogen (secondary N) is 1. The molecule has 1 saturated heterocycles. The summed E-state index contributed by atoms with van der Waals surface area (Å²) in [6, 6.07) is 5.91. The standard InChI is InChI=1S/C20H29NS/c1-10-8-18-17(14(5)11(10)2)9-19(22-18)20-15(6)12(3)13(4)16(7)21-20/h8-9,12-13,15-16,20-21H,1-7H3. The van der Waals surface area contributed by atoms with Gasteiger partial charge in [0.05, 0.1) is 0 Å². The Bertz CT molecular complexity index is 699. The second-order valence-electron chi connectivity index (χ2n) is 7.51. The largest absolute Gasteiger partial charge is 0.306 e. The van der Waals surface area contributed by atoms with E-state index >= 15 is 0 Å². The highest BCUT2D eigenvalue weighted by Gasteiger charge is 2.37. The molecule has 0 saturated carbocycles. The minimum Gasteiger partial charge on any atom is -0.306 e. The van der Waals surface area contributed by atoms with E-state index in [1.165, 1.54) is 31.7 Å².